The van der Waals surface area contributed by atoms with Crippen molar-refractivity contribution < 1.29 is 24.2 Å². The lowest BCUT2D eigenvalue weighted by Gasteiger charge is -2.28. The van der Waals surface area contributed by atoms with Crippen molar-refractivity contribution in [2.24, 2.45) is 0 Å². The smallest absolute Gasteiger partial charge is 0.295 e. The number of aliphatic hydroxyl groups excluding tert-OH is 1. The van der Waals surface area contributed by atoms with E-state index in [0.717, 1.165) is 24.0 Å². The SMILES string of the molecule is COc1cccc(C2/C(=C(\O)c3cc(C(C)(C)C)ccc3C)C(=O)C(=O)N2CC2CCCO2)c1. The van der Waals surface area contributed by atoms with Crippen LogP contribution in [0.1, 0.15) is 61.9 Å². The second-order valence-electron chi connectivity index (χ2n) is 10.1. The zero-order chi connectivity index (χ0) is 24.6. The minimum Gasteiger partial charge on any atom is -0.507 e. The summed E-state index contributed by atoms with van der Waals surface area (Å²) in [4.78, 5) is 28.1. The summed E-state index contributed by atoms with van der Waals surface area (Å²) in [6.07, 6.45) is 1.63. The standard InChI is InChI=1S/C28H33NO5/c1-17-11-12-19(28(2,3)4)15-22(17)25(30)23-24(18-8-6-9-20(14-18)33-5)29(27(32)26(23)31)16-21-10-7-13-34-21/h6,8-9,11-12,14-15,21,24,30H,7,10,13,16H2,1-5H3/b25-23+. The number of carbonyl (C=O) groups is 2. The molecular weight excluding hydrogens is 430 g/mol. The van der Waals surface area contributed by atoms with E-state index in [1.165, 1.54) is 0 Å². The third kappa shape index (κ3) is 4.47. The van der Waals surface area contributed by atoms with Gasteiger partial charge in [0, 0.05) is 18.7 Å². The summed E-state index contributed by atoms with van der Waals surface area (Å²) >= 11 is 0. The Morgan fingerprint density at radius 2 is 1.94 bits per heavy atom. The molecule has 2 aliphatic heterocycles. The largest absolute Gasteiger partial charge is 0.507 e. The number of carbonyl (C=O) groups excluding carboxylic acids is 2. The summed E-state index contributed by atoms with van der Waals surface area (Å²) in [6, 6.07) is 12.5. The Kier molecular flexibility index (Phi) is 6.54. The number of benzene rings is 2. The summed E-state index contributed by atoms with van der Waals surface area (Å²) in [5.41, 5.74) is 3.11. The molecule has 1 amide bonds. The van der Waals surface area contributed by atoms with Crippen LogP contribution in [0.5, 0.6) is 5.75 Å². The summed E-state index contributed by atoms with van der Waals surface area (Å²) in [5, 5.41) is 11.5. The zero-order valence-corrected chi connectivity index (χ0v) is 20.6. The topological polar surface area (TPSA) is 76.1 Å². The highest BCUT2D eigenvalue weighted by Gasteiger charge is 2.47. The number of hydrogen-bond acceptors (Lipinski definition) is 5. The molecule has 6 heteroatoms. The number of aryl methyl sites for hydroxylation is 1. The van der Waals surface area contributed by atoms with Gasteiger partial charge in [-0.1, -0.05) is 45.0 Å². The molecule has 4 rings (SSSR count). The van der Waals surface area contributed by atoms with E-state index in [4.69, 9.17) is 9.47 Å². The predicted octanol–water partition coefficient (Wildman–Crippen LogP) is 4.90. The number of ether oxygens (including phenoxy) is 2. The van der Waals surface area contributed by atoms with E-state index in [2.05, 4.69) is 20.8 Å². The third-order valence-electron chi connectivity index (χ3n) is 6.73. The molecule has 2 fully saturated rings. The molecule has 0 bridgehead atoms. The van der Waals surface area contributed by atoms with Gasteiger partial charge >= 0.3 is 0 Å². The van der Waals surface area contributed by atoms with Crippen molar-refractivity contribution in [2.75, 3.05) is 20.3 Å². The van der Waals surface area contributed by atoms with Crippen LogP contribution >= 0.6 is 0 Å². The van der Waals surface area contributed by atoms with E-state index in [-0.39, 0.29) is 22.9 Å². The van der Waals surface area contributed by atoms with Crippen molar-refractivity contribution >= 4 is 17.4 Å². The zero-order valence-electron chi connectivity index (χ0n) is 20.6. The van der Waals surface area contributed by atoms with Gasteiger partial charge in [-0.2, -0.15) is 0 Å². The van der Waals surface area contributed by atoms with E-state index in [0.29, 0.717) is 30.0 Å². The first-order chi connectivity index (χ1) is 16.1. The van der Waals surface area contributed by atoms with Crippen molar-refractivity contribution in [3.8, 4) is 5.75 Å². The van der Waals surface area contributed by atoms with Crippen LogP contribution in [0.3, 0.4) is 0 Å². The van der Waals surface area contributed by atoms with Gasteiger partial charge in [-0.05, 0) is 60.1 Å². The molecule has 0 aliphatic carbocycles. The van der Waals surface area contributed by atoms with Crippen LogP contribution in [0.25, 0.3) is 5.76 Å². The summed E-state index contributed by atoms with van der Waals surface area (Å²) in [7, 11) is 1.57. The van der Waals surface area contributed by atoms with Crippen LogP contribution in [0.15, 0.2) is 48.0 Å². The van der Waals surface area contributed by atoms with Gasteiger partial charge in [-0.15, -0.1) is 0 Å². The molecule has 0 saturated carbocycles. The Hall–Kier alpha value is -3.12. The Morgan fingerprint density at radius 1 is 1.18 bits per heavy atom. The molecule has 2 aromatic carbocycles. The second-order valence-corrected chi connectivity index (χ2v) is 10.1. The lowest BCUT2D eigenvalue weighted by molar-refractivity contribution is -0.140. The maximum atomic E-state index is 13.4. The van der Waals surface area contributed by atoms with Crippen LogP contribution in [-0.4, -0.2) is 48.1 Å². The highest BCUT2D eigenvalue weighted by molar-refractivity contribution is 6.46. The van der Waals surface area contributed by atoms with Gasteiger partial charge in [0.1, 0.15) is 11.5 Å². The minimum atomic E-state index is -0.725. The molecule has 0 spiro atoms. The van der Waals surface area contributed by atoms with Crippen LogP contribution in [0.2, 0.25) is 0 Å². The van der Waals surface area contributed by atoms with E-state index < -0.39 is 17.7 Å². The lowest BCUT2D eigenvalue weighted by Crippen LogP contribution is -2.36. The van der Waals surface area contributed by atoms with Crippen molar-refractivity contribution in [1.82, 2.24) is 4.90 Å². The van der Waals surface area contributed by atoms with Crippen LogP contribution in [0, 0.1) is 6.92 Å². The number of nitrogens with zero attached hydrogens (tertiary/aromatic N) is 1. The fourth-order valence-electron chi connectivity index (χ4n) is 4.72. The molecule has 2 atom stereocenters. The number of ketones is 1. The fourth-order valence-corrected chi connectivity index (χ4v) is 4.72. The molecule has 2 heterocycles. The normalized spacial score (nSPS) is 22.4. The van der Waals surface area contributed by atoms with Crippen LogP contribution in [-0.2, 0) is 19.7 Å². The van der Waals surface area contributed by atoms with E-state index >= 15 is 0 Å². The number of likely N-dealkylation sites (tertiary alicyclic amines) is 1. The van der Waals surface area contributed by atoms with E-state index in [1.807, 2.05) is 49.4 Å². The van der Waals surface area contributed by atoms with Gasteiger partial charge in [-0.25, -0.2) is 0 Å². The summed E-state index contributed by atoms with van der Waals surface area (Å²) < 4.78 is 11.2. The molecule has 6 nitrogen and oxygen atoms in total. The lowest BCUT2D eigenvalue weighted by atomic mass is 9.84. The molecule has 0 aromatic heterocycles. The van der Waals surface area contributed by atoms with Gasteiger partial charge in [0.05, 0.1) is 24.8 Å². The Balaban J connectivity index is 1.89. The fraction of sp³-hybridized carbons (Fsp3) is 0.429. The van der Waals surface area contributed by atoms with Gasteiger partial charge in [-0.3, -0.25) is 9.59 Å². The third-order valence-corrected chi connectivity index (χ3v) is 6.73. The Morgan fingerprint density at radius 3 is 2.59 bits per heavy atom. The molecule has 180 valence electrons. The predicted molar refractivity (Wildman–Crippen MR) is 131 cm³/mol. The number of amides is 1. The van der Waals surface area contributed by atoms with Crippen molar-refractivity contribution in [3.63, 3.8) is 0 Å². The molecule has 2 saturated heterocycles. The van der Waals surface area contributed by atoms with Crippen LogP contribution < -0.4 is 4.74 Å². The Labute approximate surface area is 201 Å². The first-order valence-electron chi connectivity index (χ1n) is 11.8. The maximum absolute atomic E-state index is 13.4. The van der Waals surface area contributed by atoms with Gasteiger partial charge in [0.25, 0.3) is 11.7 Å². The summed E-state index contributed by atoms with van der Waals surface area (Å²) in [5.74, 6) is -0.825. The molecule has 2 aromatic rings. The minimum absolute atomic E-state index is 0.102. The number of rotatable bonds is 5. The highest BCUT2D eigenvalue weighted by Crippen LogP contribution is 2.41. The maximum Gasteiger partial charge on any atom is 0.295 e. The van der Waals surface area contributed by atoms with Gasteiger partial charge < -0.3 is 19.5 Å². The molecule has 2 unspecified atom stereocenters. The highest BCUT2D eigenvalue weighted by atomic mass is 16.5. The molecule has 0 radical (unpaired) electrons. The Bertz CT molecular complexity index is 1140. The number of aliphatic hydroxyl groups is 1. The number of methoxy groups -OCH3 is 1. The molecule has 1 N–H and O–H groups in total. The van der Waals surface area contributed by atoms with Crippen LogP contribution in [0.4, 0.5) is 0 Å². The second kappa shape index (κ2) is 9.26. The van der Waals surface area contributed by atoms with Gasteiger partial charge in [0.15, 0.2) is 0 Å². The average Bonchev–Trinajstić information content (AvgIpc) is 3.40. The van der Waals surface area contributed by atoms with E-state index in [9.17, 15) is 14.7 Å². The number of Topliss-reactive ketones (excluding diaryl/α,β-unsaturated/α-hetero) is 1. The number of hydrogen-bond donors (Lipinski definition) is 1. The van der Waals surface area contributed by atoms with E-state index in [1.54, 1.807) is 12.0 Å². The van der Waals surface area contributed by atoms with Crippen molar-refractivity contribution in [3.05, 3.63) is 70.3 Å². The van der Waals surface area contributed by atoms with Crippen molar-refractivity contribution in [1.29, 1.82) is 0 Å². The first kappa shape index (κ1) is 24.0. The van der Waals surface area contributed by atoms with Crippen molar-refractivity contribution in [2.45, 2.75) is 58.1 Å². The molecule has 34 heavy (non-hydrogen) atoms. The first-order valence-corrected chi connectivity index (χ1v) is 11.8. The van der Waals surface area contributed by atoms with Gasteiger partial charge in [0.2, 0.25) is 0 Å². The average molecular weight is 464 g/mol. The monoisotopic (exact) mass is 463 g/mol. The summed E-state index contributed by atoms with van der Waals surface area (Å²) in [6.45, 7) is 9.13. The molecular formula is C28H33NO5. The molecule has 2 aliphatic rings. The quantitative estimate of drug-likeness (QED) is 0.388.